The summed E-state index contributed by atoms with van der Waals surface area (Å²) in [5.74, 6) is 0. The summed E-state index contributed by atoms with van der Waals surface area (Å²) in [4.78, 5) is 7.60. The first-order valence-electron chi connectivity index (χ1n) is 24.3. The molecule has 0 spiro atoms. The second-order valence-electron chi connectivity index (χ2n) is 21.4. The van der Waals surface area contributed by atoms with Crippen LogP contribution in [-0.4, -0.2) is 6.71 Å². The molecule has 4 heteroatoms. The van der Waals surface area contributed by atoms with Gasteiger partial charge in [-0.25, -0.2) is 0 Å². The maximum atomic E-state index is 2.61. The van der Waals surface area contributed by atoms with Crippen molar-refractivity contribution in [3.63, 3.8) is 0 Å². The Morgan fingerprint density at radius 3 is 1.68 bits per heavy atom. The summed E-state index contributed by atoms with van der Waals surface area (Å²) in [5.41, 5.74) is 26.4. The molecular formula is C64H54BN3. The Morgan fingerprint density at radius 2 is 0.971 bits per heavy atom. The third-order valence-corrected chi connectivity index (χ3v) is 15.8. The van der Waals surface area contributed by atoms with Gasteiger partial charge in [-0.1, -0.05) is 176 Å². The van der Waals surface area contributed by atoms with Crippen LogP contribution in [-0.2, 0) is 16.2 Å². The number of benzene rings is 9. The quantitative estimate of drug-likeness (QED) is 0.160. The molecule has 0 N–H and O–H groups in total. The van der Waals surface area contributed by atoms with Gasteiger partial charge in [-0.15, -0.1) is 0 Å². The predicted molar refractivity (Wildman–Crippen MR) is 289 cm³/mol. The highest BCUT2D eigenvalue weighted by molar-refractivity contribution is 7.00. The SMILES string of the molecule is CC(C)(C)c1ccc2c(c1)B1c3ccc(N(c4ccccc4)c4ccccc4)cc3N(c3ccc4c(c3)C(C)(C)c3ccccc3-4)c3cccc(c31)N2c1cccc2c1-c1ccccc1C2(C)C. The summed E-state index contributed by atoms with van der Waals surface area (Å²) in [6.45, 7) is 16.6. The van der Waals surface area contributed by atoms with E-state index in [0.29, 0.717) is 0 Å². The first kappa shape index (κ1) is 40.7. The molecule has 68 heavy (non-hydrogen) atoms. The highest BCUT2D eigenvalue weighted by Gasteiger charge is 2.46. The van der Waals surface area contributed by atoms with Gasteiger partial charge in [0.15, 0.2) is 0 Å². The average molecular weight is 876 g/mol. The van der Waals surface area contributed by atoms with Crippen LogP contribution in [0.1, 0.15) is 76.3 Å². The van der Waals surface area contributed by atoms with Gasteiger partial charge in [-0.2, -0.15) is 0 Å². The van der Waals surface area contributed by atoms with Gasteiger partial charge in [0.2, 0.25) is 0 Å². The number of nitrogens with zero attached hydrogens (tertiary/aromatic N) is 3. The smallest absolute Gasteiger partial charge is 0.252 e. The lowest BCUT2D eigenvalue weighted by molar-refractivity contribution is 0.591. The van der Waals surface area contributed by atoms with Crippen molar-refractivity contribution in [2.75, 3.05) is 14.7 Å². The largest absolute Gasteiger partial charge is 0.311 e. The van der Waals surface area contributed by atoms with Crippen LogP contribution in [0.15, 0.2) is 200 Å². The van der Waals surface area contributed by atoms with Gasteiger partial charge in [-0.3, -0.25) is 0 Å². The van der Waals surface area contributed by atoms with Crippen LogP contribution in [0.5, 0.6) is 0 Å². The molecule has 328 valence electrons. The molecule has 2 aliphatic heterocycles. The summed E-state index contributed by atoms with van der Waals surface area (Å²) < 4.78 is 0. The maximum absolute atomic E-state index is 2.61. The van der Waals surface area contributed by atoms with Crippen LogP contribution in [0.2, 0.25) is 0 Å². The van der Waals surface area contributed by atoms with Crippen LogP contribution >= 0.6 is 0 Å². The molecule has 0 fully saturated rings. The van der Waals surface area contributed by atoms with Crippen LogP contribution < -0.4 is 31.1 Å². The van der Waals surface area contributed by atoms with Crippen LogP contribution in [0.25, 0.3) is 22.3 Å². The van der Waals surface area contributed by atoms with Gasteiger partial charge >= 0.3 is 0 Å². The zero-order chi connectivity index (χ0) is 46.3. The van der Waals surface area contributed by atoms with Gasteiger partial charge in [-0.05, 0) is 139 Å². The minimum Gasteiger partial charge on any atom is -0.311 e. The van der Waals surface area contributed by atoms with Crippen molar-refractivity contribution in [2.45, 2.75) is 64.7 Å². The first-order valence-corrected chi connectivity index (χ1v) is 24.3. The molecule has 9 aromatic rings. The molecule has 0 atom stereocenters. The Labute approximate surface area is 402 Å². The fourth-order valence-electron chi connectivity index (χ4n) is 12.4. The normalized spacial score (nSPS) is 15.1. The van der Waals surface area contributed by atoms with E-state index in [1.165, 1.54) is 94.9 Å². The number of rotatable bonds is 5. The lowest BCUT2D eigenvalue weighted by Gasteiger charge is -2.45. The second kappa shape index (κ2) is 14.5. The van der Waals surface area contributed by atoms with Crippen LogP contribution in [0.3, 0.4) is 0 Å². The van der Waals surface area contributed by atoms with E-state index in [1.54, 1.807) is 0 Å². The van der Waals surface area contributed by atoms with Gasteiger partial charge in [0, 0.05) is 61.9 Å². The van der Waals surface area contributed by atoms with Crippen molar-refractivity contribution in [1.82, 2.24) is 0 Å². The fourth-order valence-corrected chi connectivity index (χ4v) is 12.4. The molecule has 13 rings (SSSR count). The molecule has 2 aliphatic carbocycles. The van der Waals surface area contributed by atoms with E-state index >= 15 is 0 Å². The maximum Gasteiger partial charge on any atom is 0.252 e. The Morgan fingerprint density at radius 1 is 0.397 bits per heavy atom. The molecule has 0 aromatic heterocycles. The minimum atomic E-state index is -0.157. The molecule has 9 aromatic carbocycles. The van der Waals surface area contributed by atoms with E-state index in [4.69, 9.17) is 0 Å². The van der Waals surface area contributed by atoms with E-state index < -0.39 is 0 Å². The fraction of sp³-hybridized carbons (Fsp3) is 0.156. The third kappa shape index (κ3) is 5.73. The zero-order valence-corrected chi connectivity index (χ0v) is 40.0. The number of anilines is 9. The standard InChI is InChI=1S/C64H54BN3/c1-62(2,3)41-32-37-55-54(38-41)65-53-36-34-45(66(42-20-10-8-11-21-42)43-22-12-9-13-23-43)40-59(53)67(44-33-35-47-46-24-14-16-26-49(46)64(6,7)52(47)39-44)57-30-19-31-58(61(57)65)68(55)56-29-18-28-51-60(56)48-25-15-17-27-50(48)63(51,4)5/h8-40H,1-7H3. The van der Waals surface area contributed by atoms with Gasteiger partial charge < -0.3 is 14.7 Å². The minimum absolute atomic E-state index is 0.0208. The molecule has 0 saturated heterocycles. The Bertz CT molecular complexity index is 3490. The van der Waals surface area contributed by atoms with Gasteiger partial charge in [0.05, 0.1) is 5.69 Å². The first-order chi connectivity index (χ1) is 32.9. The Kier molecular flexibility index (Phi) is 8.66. The van der Waals surface area contributed by atoms with Crippen LogP contribution in [0, 0.1) is 0 Å². The summed E-state index contributed by atoms with van der Waals surface area (Å²) in [6.07, 6.45) is 0. The predicted octanol–water partition coefficient (Wildman–Crippen LogP) is 15.1. The molecule has 0 radical (unpaired) electrons. The summed E-state index contributed by atoms with van der Waals surface area (Å²) in [6, 6.07) is 75.5. The molecular weight excluding hydrogens is 822 g/mol. The van der Waals surface area contributed by atoms with Crippen LogP contribution in [0.4, 0.5) is 51.2 Å². The summed E-state index contributed by atoms with van der Waals surface area (Å²) in [5, 5.41) is 0. The van der Waals surface area contributed by atoms with E-state index in [-0.39, 0.29) is 23.0 Å². The monoisotopic (exact) mass is 875 g/mol. The Hall–Kier alpha value is -7.56. The highest BCUT2D eigenvalue weighted by atomic mass is 15.2. The van der Waals surface area contributed by atoms with Crippen molar-refractivity contribution in [3.8, 4) is 22.3 Å². The van der Waals surface area contributed by atoms with E-state index in [1.807, 2.05) is 0 Å². The highest BCUT2D eigenvalue weighted by Crippen LogP contribution is 2.56. The third-order valence-electron chi connectivity index (χ3n) is 15.8. The molecule has 0 unspecified atom stereocenters. The molecule has 0 amide bonds. The molecule has 2 heterocycles. The van der Waals surface area contributed by atoms with Crippen molar-refractivity contribution in [2.24, 2.45) is 0 Å². The molecule has 0 bridgehead atoms. The number of para-hydroxylation sites is 2. The van der Waals surface area contributed by atoms with E-state index in [9.17, 15) is 0 Å². The Balaban J connectivity index is 1.10. The van der Waals surface area contributed by atoms with Crippen molar-refractivity contribution >= 4 is 74.3 Å². The average Bonchev–Trinajstić information content (AvgIpc) is 3.73. The van der Waals surface area contributed by atoms with Crippen molar-refractivity contribution in [1.29, 1.82) is 0 Å². The number of fused-ring (bicyclic) bond motifs is 10. The molecule has 3 nitrogen and oxygen atoms in total. The molecule has 0 saturated carbocycles. The van der Waals surface area contributed by atoms with E-state index in [0.717, 1.165) is 22.7 Å². The number of hydrogen-bond acceptors (Lipinski definition) is 3. The summed E-state index contributed by atoms with van der Waals surface area (Å²) >= 11 is 0. The van der Waals surface area contributed by atoms with Gasteiger partial charge in [0.1, 0.15) is 0 Å². The topological polar surface area (TPSA) is 9.72 Å². The lowest BCUT2D eigenvalue weighted by atomic mass is 9.33. The van der Waals surface area contributed by atoms with Gasteiger partial charge in [0.25, 0.3) is 6.71 Å². The van der Waals surface area contributed by atoms with Crippen molar-refractivity contribution in [3.05, 3.63) is 228 Å². The molecule has 4 aliphatic rings. The lowest BCUT2D eigenvalue weighted by Crippen LogP contribution is -2.61. The van der Waals surface area contributed by atoms with E-state index in [2.05, 4.69) is 263 Å². The summed E-state index contributed by atoms with van der Waals surface area (Å²) in [7, 11) is 0. The zero-order valence-electron chi connectivity index (χ0n) is 40.0. The number of hydrogen-bond donors (Lipinski definition) is 0. The second-order valence-corrected chi connectivity index (χ2v) is 21.4. The van der Waals surface area contributed by atoms with Crippen molar-refractivity contribution < 1.29 is 0 Å².